The fraction of sp³-hybridized carbons (Fsp3) is 0.429. The van der Waals surface area contributed by atoms with E-state index in [9.17, 15) is 76.0 Å². The van der Waals surface area contributed by atoms with Gasteiger partial charge >= 0.3 is 5.97 Å². The number of esters is 1. The maximum absolute atomic E-state index is 14.0. The molecule has 0 saturated carbocycles. The van der Waals surface area contributed by atoms with E-state index in [2.05, 4.69) is 0 Å². The molecule has 13 N–H and O–H groups in total. The van der Waals surface area contributed by atoms with Gasteiger partial charge in [-0.15, -0.1) is 0 Å². The van der Waals surface area contributed by atoms with Crippen LogP contribution in [0.2, 0.25) is 0 Å². The molecule has 0 spiro atoms. The van der Waals surface area contributed by atoms with Crippen molar-refractivity contribution >= 4 is 23.0 Å². The lowest BCUT2D eigenvalue weighted by atomic mass is 9.99. The van der Waals surface area contributed by atoms with Crippen LogP contribution in [0, 0.1) is 0 Å². The molecule has 0 bridgehead atoms. The molecule has 23 nitrogen and oxygen atoms in total. The third-order valence-electron chi connectivity index (χ3n) is 10.8. The summed E-state index contributed by atoms with van der Waals surface area (Å²) in [5.74, 6) is -3.03. The fourth-order valence-electron chi connectivity index (χ4n) is 7.15. The lowest BCUT2D eigenvalue weighted by molar-refractivity contribution is -0.278. The lowest BCUT2D eigenvalue weighted by Gasteiger charge is -2.39. The van der Waals surface area contributed by atoms with Crippen molar-refractivity contribution in [3.63, 3.8) is 0 Å². The number of aliphatic hydroxyl groups is 11. The van der Waals surface area contributed by atoms with E-state index in [1.807, 2.05) is 0 Å². The van der Waals surface area contributed by atoms with E-state index in [1.54, 1.807) is 0 Å². The summed E-state index contributed by atoms with van der Waals surface area (Å²) in [6, 6.07) is 13.1. The molecule has 3 fully saturated rings. The summed E-state index contributed by atoms with van der Waals surface area (Å²) in [6.07, 6.45) is -22.3. The largest absolute Gasteiger partial charge is 0.508 e. The molecule has 9 unspecified atom stereocenters. The number of phenols is 2. The van der Waals surface area contributed by atoms with E-state index in [0.29, 0.717) is 5.56 Å². The van der Waals surface area contributed by atoms with Gasteiger partial charge in [0, 0.05) is 23.8 Å². The minimum absolute atomic E-state index is 0.0204. The molecule has 3 aromatic carbocycles. The molecule has 7 rings (SSSR count). The highest BCUT2D eigenvalue weighted by molar-refractivity contribution is 5.88. The van der Waals surface area contributed by atoms with Crippen LogP contribution in [0.4, 0.5) is 0 Å². The second kappa shape index (κ2) is 19.9. The van der Waals surface area contributed by atoms with E-state index in [4.69, 9.17) is 37.6 Å². The topological polar surface area (TPSA) is 375 Å². The Balaban J connectivity index is 1.04. The summed E-state index contributed by atoms with van der Waals surface area (Å²) in [6.45, 7) is -2.06. The second-order valence-corrected chi connectivity index (χ2v) is 15.2. The normalized spacial score (nSPS) is 32.9. The number of hydrogen-bond acceptors (Lipinski definition) is 23. The van der Waals surface area contributed by atoms with Crippen molar-refractivity contribution in [1.29, 1.82) is 0 Å². The van der Waals surface area contributed by atoms with Crippen LogP contribution in [0.1, 0.15) is 5.56 Å². The van der Waals surface area contributed by atoms with Gasteiger partial charge in [-0.05, 0) is 48.0 Å². The van der Waals surface area contributed by atoms with Gasteiger partial charge in [-0.3, -0.25) is 4.79 Å². The number of phenolic OH excluding ortho intramolecular Hbond substituents is 2. The van der Waals surface area contributed by atoms with Crippen molar-refractivity contribution in [2.75, 3.05) is 19.8 Å². The maximum atomic E-state index is 14.0. The summed E-state index contributed by atoms with van der Waals surface area (Å²) in [5.41, 5.74) is -0.834. The lowest BCUT2D eigenvalue weighted by Crippen LogP contribution is -2.60. The third-order valence-corrected chi connectivity index (χ3v) is 10.8. The van der Waals surface area contributed by atoms with Gasteiger partial charge in [0.15, 0.2) is 5.76 Å². The molecular weight excluding hydrogens is 872 g/mol. The Labute approximate surface area is 365 Å². The highest BCUT2D eigenvalue weighted by Crippen LogP contribution is 2.38. The molecule has 352 valence electrons. The third kappa shape index (κ3) is 10.0. The summed E-state index contributed by atoms with van der Waals surface area (Å²) in [4.78, 5) is 26.7. The Kier molecular flexibility index (Phi) is 14.6. The van der Waals surface area contributed by atoms with Crippen molar-refractivity contribution in [1.82, 2.24) is 0 Å². The average molecular weight is 919 g/mol. The Bertz CT molecular complexity index is 2350. The Morgan fingerprint density at radius 3 is 1.60 bits per heavy atom. The van der Waals surface area contributed by atoms with Crippen molar-refractivity contribution in [3.8, 4) is 40.1 Å². The van der Waals surface area contributed by atoms with Crippen molar-refractivity contribution in [3.05, 3.63) is 82.5 Å². The highest BCUT2D eigenvalue weighted by Gasteiger charge is 2.48. The number of fused-ring (bicyclic) bond motifs is 1. The Morgan fingerprint density at radius 2 is 1.08 bits per heavy atom. The maximum Gasteiger partial charge on any atom is 0.330 e. The molecule has 4 aromatic rings. The van der Waals surface area contributed by atoms with E-state index in [-0.39, 0.29) is 28.4 Å². The van der Waals surface area contributed by atoms with Crippen molar-refractivity contribution < 1.29 is 109 Å². The van der Waals surface area contributed by atoms with Crippen LogP contribution in [0.25, 0.3) is 28.4 Å². The van der Waals surface area contributed by atoms with Gasteiger partial charge in [0.05, 0.1) is 13.2 Å². The number of ether oxygens (including phenoxy) is 7. The Hall–Kier alpha value is -5.48. The zero-order valence-electron chi connectivity index (χ0n) is 33.6. The molecule has 3 saturated heterocycles. The molecule has 3 aliphatic rings. The summed E-state index contributed by atoms with van der Waals surface area (Å²) < 4.78 is 44.6. The molecule has 4 heterocycles. The van der Waals surface area contributed by atoms with E-state index >= 15 is 0 Å². The first-order valence-corrected chi connectivity index (χ1v) is 19.9. The predicted octanol–water partition coefficient (Wildman–Crippen LogP) is -3.33. The fourth-order valence-corrected chi connectivity index (χ4v) is 7.15. The highest BCUT2D eigenvalue weighted by atomic mass is 16.7. The zero-order chi connectivity index (χ0) is 46.9. The average Bonchev–Trinajstić information content (AvgIpc) is 3.29. The monoisotopic (exact) mass is 918 g/mol. The quantitative estimate of drug-likeness (QED) is 0.0461. The standard InChI is InChI=1S/C42H46O23/c43-13-23-28(48)32(52)35(55)40(62-23)59-19-6-1-16(2-7-19)3-10-26(47)58-15-25-30(50)34(54)37(57)42(64-25)65-39-31(51)27-21(46)11-18(45)12-22(27)61-38(39)17-4-8-20(9-5-17)60-41-36(56)33(53)29(49)24(14-44)63-41/h1-12,23-25,28-30,32-37,40-46,48-50,52-57H,13-15H2/b10-3+/t23?,24?,25?,28-,29-,30-,32?,33?,34?,35?,36?,37?,40-,41-,42+/m1/s1. The summed E-state index contributed by atoms with van der Waals surface area (Å²) in [7, 11) is 0. The first kappa shape index (κ1) is 47.5. The smallest absolute Gasteiger partial charge is 0.330 e. The first-order valence-electron chi connectivity index (χ1n) is 19.9. The molecule has 0 amide bonds. The molecule has 1 aromatic heterocycles. The first-order chi connectivity index (χ1) is 31.0. The SMILES string of the molecule is O=C(/C=C/c1ccc(O[C@@H]2OC(CO)[C@@H](O)C(O)C2O)cc1)OCC1O[C@@H](Oc2c(-c3ccc(O[C@@H]4OC(CO)[C@@H](O)C(O)C4O)cc3)oc3cc(O)cc(O)c3c2=O)C(O)C(O)[C@@H]1O. The zero-order valence-corrected chi connectivity index (χ0v) is 33.6. The van der Waals surface area contributed by atoms with Crippen LogP contribution in [0.15, 0.2) is 76.0 Å². The number of benzene rings is 3. The van der Waals surface area contributed by atoms with E-state index in [0.717, 1.165) is 18.2 Å². The van der Waals surface area contributed by atoms with Gasteiger partial charge in [0.25, 0.3) is 0 Å². The van der Waals surface area contributed by atoms with Gasteiger partial charge in [0.2, 0.25) is 30.0 Å². The number of hydrogen-bond donors (Lipinski definition) is 13. The van der Waals surface area contributed by atoms with Crippen LogP contribution < -0.4 is 19.6 Å². The van der Waals surface area contributed by atoms with Crippen LogP contribution in [0.5, 0.6) is 28.7 Å². The molecule has 0 aliphatic carbocycles. The van der Waals surface area contributed by atoms with E-state index < -0.39 is 146 Å². The molecule has 3 aliphatic heterocycles. The molecule has 23 heteroatoms. The van der Waals surface area contributed by atoms with Gasteiger partial charge in [-0.2, -0.15) is 0 Å². The van der Waals surface area contributed by atoms with Gasteiger partial charge in [-0.1, -0.05) is 12.1 Å². The number of carbonyl (C=O) groups is 1. The number of rotatable bonds is 13. The number of carbonyl (C=O) groups excluding carboxylic acids is 1. The van der Waals surface area contributed by atoms with Gasteiger partial charge in [-0.25, -0.2) is 4.79 Å². The van der Waals surface area contributed by atoms with E-state index in [1.165, 1.54) is 54.6 Å². The van der Waals surface area contributed by atoms with Gasteiger partial charge < -0.3 is 104 Å². The van der Waals surface area contributed by atoms with Crippen LogP contribution in [-0.4, -0.2) is 184 Å². The Morgan fingerprint density at radius 1 is 0.600 bits per heavy atom. The van der Waals surface area contributed by atoms with Crippen LogP contribution in [-0.2, 0) is 23.7 Å². The minimum Gasteiger partial charge on any atom is -0.508 e. The van der Waals surface area contributed by atoms with Crippen LogP contribution >= 0.6 is 0 Å². The molecular formula is C42H46O23. The summed E-state index contributed by atoms with van der Waals surface area (Å²) in [5, 5.41) is 132. The number of aromatic hydroxyl groups is 2. The van der Waals surface area contributed by atoms with Gasteiger partial charge in [0.1, 0.15) is 114 Å². The second-order valence-electron chi connectivity index (χ2n) is 15.2. The molecule has 0 radical (unpaired) electrons. The minimum atomic E-state index is -2.03. The van der Waals surface area contributed by atoms with Crippen molar-refractivity contribution in [2.45, 2.75) is 92.1 Å². The summed E-state index contributed by atoms with van der Waals surface area (Å²) >= 11 is 0. The van der Waals surface area contributed by atoms with Crippen molar-refractivity contribution in [2.24, 2.45) is 0 Å². The number of aliphatic hydroxyl groups excluding tert-OH is 11. The van der Waals surface area contributed by atoms with Crippen LogP contribution in [0.3, 0.4) is 0 Å². The molecule has 15 atom stereocenters. The molecule has 65 heavy (non-hydrogen) atoms. The predicted molar refractivity (Wildman–Crippen MR) is 214 cm³/mol.